The smallest absolute Gasteiger partial charge is 0.277 e. The van der Waals surface area contributed by atoms with E-state index in [0.717, 1.165) is 22.2 Å². The quantitative estimate of drug-likeness (QED) is 0.580. The van der Waals surface area contributed by atoms with E-state index >= 15 is 0 Å². The molecule has 0 saturated carbocycles. The Bertz CT molecular complexity index is 715. The largest absolute Gasteiger partial charge is 0.497 e. The van der Waals surface area contributed by atoms with Crippen LogP contribution in [-0.4, -0.2) is 25.8 Å². The molecule has 24 heavy (non-hydrogen) atoms. The number of benzene rings is 2. The lowest BCUT2D eigenvalue weighted by atomic mass is 10.2. The average molecular weight is 391 g/mol. The van der Waals surface area contributed by atoms with Crippen molar-refractivity contribution >= 4 is 28.1 Å². The fourth-order valence-electron chi connectivity index (χ4n) is 1.93. The highest BCUT2D eigenvalue weighted by atomic mass is 79.9. The van der Waals surface area contributed by atoms with Gasteiger partial charge in [0.15, 0.2) is 6.61 Å². The first-order valence-corrected chi connectivity index (χ1v) is 8.29. The number of aryl methyl sites for hydroxylation is 1. The van der Waals surface area contributed by atoms with Gasteiger partial charge in [-0.2, -0.15) is 5.10 Å². The van der Waals surface area contributed by atoms with Gasteiger partial charge in [0.25, 0.3) is 5.91 Å². The number of halogens is 1. The van der Waals surface area contributed by atoms with Crippen molar-refractivity contribution in [1.82, 2.24) is 5.43 Å². The first kappa shape index (κ1) is 18.0. The van der Waals surface area contributed by atoms with Crippen LogP contribution in [0.3, 0.4) is 0 Å². The van der Waals surface area contributed by atoms with Gasteiger partial charge >= 0.3 is 0 Å². The fraction of sp³-hybridized carbons (Fsp3) is 0.222. The van der Waals surface area contributed by atoms with Gasteiger partial charge in [0.2, 0.25) is 0 Å². The van der Waals surface area contributed by atoms with Crippen LogP contribution in [-0.2, 0) is 11.2 Å². The number of hydrogen-bond donors (Lipinski definition) is 1. The molecule has 0 unspecified atom stereocenters. The zero-order valence-corrected chi connectivity index (χ0v) is 15.2. The normalized spacial score (nSPS) is 10.6. The molecule has 2 rings (SSSR count). The molecule has 0 atom stereocenters. The number of hydrazone groups is 1. The highest BCUT2D eigenvalue weighted by Gasteiger charge is 2.05. The number of methoxy groups -OCH3 is 1. The van der Waals surface area contributed by atoms with Crippen molar-refractivity contribution in [3.8, 4) is 11.5 Å². The summed E-state index contributed by atoms with van der Waals surface area (Å²) in [5.74, 6) is 1.07. The van der Waals surface area contributed by atoms with Gasteiger partial charge in [-0.05, 0) is 69.9 Å². The van der Waals surface area contributed by atoms with E-state index in [1.807, 2.05) is 42.5 Å². The van der Waals surface area contributed by atoms with Gasteiger partial charge in [-0.15, -0.1) is 0 Å². The van der Waals surface area contributed by atoms with Crippen LogP contribution in [0.2, 0.25) is 0 Å². The van der Waals surface area contributed by atoms with Crippen molar-refractivity contribution in [1.29, 1.82) is 0 Å². The van der Waals surface area contributed by atoms with Crippen LogP contribution < -0.4 is 14.9 Å². The minimum atomic E-state index is -0.328. The second kappa shape index (κ2) is 9.08. The molecular weight excluding hydrogens is 372 g/mol. The molecule has 0 aromatic heterocycles. The van der Waals surface area contributed by atoms with E-state index in [0.29, 0.717) is 5.75 Å². The van der Waals surface area contributed by atoms with E-state index in [1.54, 1.807) is 13.3 Å². The monoisotopic (exact) mass is 390 g/mol. The van der Waals surface area contributed by atoms with Crippen LogP contribution in [0.25, 0.3) is 0 Å². The highest BCUT2D eigenvalue weighted by Crippen LogP contribution is 2.26. The number of amides is 1. The second-order valence-electron chi connectivity index (χ2n) is 4.97. The minimum Gasteiger partial charge on any atom is -0.497 e. The summed E-state index contributed by atoms with van der Waals surface area (Å²) in [4.78, 5) is 11.8. The van der Waals surface area contributed by atoms with E-state index < -0.39 is 0 Å². The maximum absolute atomic E-state index is 11.8. The van der Waals surface area contributed by atoms with Crippen molar-refractivity contribution < 1.29 is 14.3 Å². The standard InChI is InChI=1S/C18H19BrN2O3/c1-3-13-6-9-17(16(19)10-13)24-12-18(22)21-20-11-14-4-7-15(23-2)8-5-14/h4-11H,3,12H2,1-2H3,(H,21,22)/b20-11+. The molecule has 0 heterocycles. The van der Waals surface area contributed by atoms with Gasteiger partial charge in [0.1, 0.15) is 11.5 Å². The maximum Gasteiger partial charge on any atom is 0.277 e. The number of nitrogens with one attached hydrogen (secondary N) is 1. The summed E-state index contributed by atoms with van der Waals surface area (Å²) < 4.78 is 11.4. The van der Waals surface area contributed by atoms with Crippen molar-refractivity contribution in [2.75, 3.05) is 13.7 Å². The third kappa shape index (κ3) is 5.38. The second-order valence-corrected chi connectivity index (χ2v) is 5.83. The number of nitrogens with zero attached hydrogens (tertiary/aromatic N) is 1. The van der Waals surface area contributed by atoms with Crippen LogP contribution in [0.5, 0.6) is 11.5 Å². The van der Waals surface area contributed by atoms with Crippen molar-refractivity contribution in [2.45, 2.75) is 13.3 Å². The van der Waals surface area contributed by atoms with E-state index in [1.165, 1.54) is 5.56 Å². The summed E-state index contributed by atoms with van der Waals surface area (Å²) >= 11 is 3.44. The molecule has 2 aromatic carbocycles. The molecule has 0 saturated heterocycles. The topological polar surface area (TPSA) is 59.9 Å². The summed E-state index contributed by atoms with van der Waals surface area (Å²) in [5.41, 5.74) is 4.48. The van der Waals surface area contributed by atoms with Gasteiger partial charge in [-0.25, -0.2) is 5.43 Å². The van der Waals surface area contributed by atoms with E-state index in [-0.39, 0.29) is 12.5 Å². The molecule has 0 radical (unpaired) electrons. The average Bonchev–Trinajstić information content (AvgIpc) is 2.61. The molecule has 6 heteroatoms. The van der Waals surface area contributed by atoms with Crippen molar-refractivity contribution in [3.05, 3.63) is 58.1 Å². The zero-order valence-electron chi connectivity index (χ0n) is 13.6. The first-order chi connectivity index (χ1) is 11.6. The fourth-order valence-corrected chi connectivity index (χ4v) is 2.47. The molecule has 2 aromatic rings. The molecule has 0 aliphatic heterocycles. The van der Waals surface area contributed by atoms with Gasteiger partial charge in [-0.1, -0.05) is 13.0 Å². The molecular formula is C18H19BrN2O3. The molecule has 1 amide bonds. The lowest BCUT2D eigenvalue weighted by Gasteiger charge is -2.08. The Morgan fingerprint density at radius 3 is 2.62 bits per heavy atom. The Balaban J connectivity index is 1.81. The zero-order chi connectivity index (χ0) is 17.4. The van der Waals surface area contributed by atoms with Gasteiger partial charge in [0.05, 0.1) is 17.8 Å². The molecule has 1 N–H and O–H groups in total. The van der Waals surface area contributed by atoms with Crippen LogP contribution in [0.15, 0.2) is 52.0 Å². The van der Waals surface area contributed by atoms with Crippen LogP contribution in [0, 0.1) is 0 Å². The predicted octanol–water partition coefficient (Wildman–Crippen LogP) is 3.55. The highest BCUT2D eigenvalue weighted by molar-refractivity contribution is 9.10. The third-order valence-corrected chi connectivity index (χ3v) is 3.90. The number of carbonyl (C=O) groups excluding carboxylic acids is 1. The molecule has 0 bridgehead atoms. The lowest BCUT2D eigenvalue weighted by Crippen LogP contribution is -2.24. The minimum absolute atomic E-state index is 0.107. The molecule has 0 spiro atoms. The molecule has 0 aliphatic carbocycles. The van der Waals surface area contributed by atoms with E-state index in [2.05, 4.69) is 33.4 Å². The van der Waals surface area contributed by atoms with Gasteiger partial charge in [0, 0.05) is 0 Å². The summed E-state index contributed by atoms with van der Waals surface area (Å²) in [6.07, 6.45) is 2.50. The summed E-state index contributed by atoms with van der Waals surface area (Å²) in [6, 6.07) is 13.1. The van der Waals surface area contributed by atoms with E-state index in [4.69, 9.17) is 9.47 Å². The Kier molecular flexibility index (Phi) is 6.81. The summed E-state index contributed by atoms with van der Waals surface area (Å²) in [5, 5.41) is 3.90. The van der Waals surface area contributed by atoms with Crippen LogP contribution in [0.4, 0.5) is 0 Å². The molecule has 0 fully saturated rings. The van der Waals surface area contributed by atoms with Gasteiger partial charge < -0.3 is 9.47 Å². The molecule has 0 aliphatic rings. The number of hydrogen-bond acceptors (Lipinski definition) is 4. The third-order valence-electron chi connectivity index (χ3n) is 3.28. The maximum atomic E-state index is 11.8. The van der Waals surface area contributed by atoms with Crippen molar-refractivity contribution in [2.24, 2.45) is 5.10 Å². The number of carbonyl (C=O) groups is 1. The van der Waals surface area contributed by atoms with E-state index in [9.17, 15) is 4.79 Å². The predicted molar refractivity (Wildman–Crippen MR) is 97.7 cm³/mol. The van der Waals surface area contributed by atoms with Crippen LogP contribution in [0.1, 0.15) is 18.1 Å². The van der Waals surface area contributed by atoms with Gasteiger partial charge in [-0.3, -0.25) is 4.79 Å². The SMILES string of the molecule is CCc1ccc(OCC(=O)N/N=C/c2ccc(OC)cc2)c(Br)c1. The summed E-state index contributed by atoms with van der Waals surface area (Å²) in [6.45, 7) is 1.97. The van der Waals surface area contributed by atoms with Crippen LogP contribution >= 0.6 is 15.9 Å². The lowest BCUT2D eigenvalue weighted by molar-refractivity contribution is -0.123. The Labute approximate surface area is 149 Å². The van der Waals surface area contributed by atoms with Crippen molar-refractivity contribution in [3.63, 3.8) is 0 Å². The number of rotatable bonds is 7. The first-order valence-electron chi connectivity index (χ1n) is 7.49. The molecule has 5 nitrogen and oxygen atoms in total. The number of ether oxygens (including phenoxy) is 2. The molecule has 126 valence electrons. The summed E-state index contributed by atoms with van der Waals surface area (Å²) in [7, 11) is 1.61. The Morgan fingerprint density at radius 1 is 1.25 bits per heavy atom. The Morgan fingerprint density at radius 2 is 2.00 bits per heavy atom. The Hall–Kier alpha value is -2.34.